The molecule has 0 radical (unpaired) electrons. The van der Waals surface area contributed by atoms with Crippen molar-refractivity contribution in [1.82, 2.24) is 0 Å². The van der Waals surface area contributed by atoms with E-state index in [2.05, 4.69) is 13.8 Å². The van der Waals surface area contributed by atoms with Gasteiger partial charge in [-0.3, -0.25) is 4.79 Å². The van der Waals surface area contributed by atoms with Crippen LogP contribution in [-0.2, 0) is 23.3 Å². The molecule has 0 bridgehead atoms. The summed E-state index contributed by atoms with van der Waals surface area (Å²) in [6.07, 6.45) is 29.0. The van der Waals surface area contributed by atoms with Gasteiger partial charge in [0.2, 0.25) is 0 Å². The lowest BCUT2D eigenvalue weighted by molar-refractivity contribution is -0.207. The van der Waals surface area contributed by atoms with Crippen molar-refractivity contribution in [3.63, 3.8) is 0 Å². The van der Waals surface area contributed by atoms with E-state index in [1.165, 1.54) is 116 Å². The number of rotatable bonds is 34. The normalized spacial score (nSPS) is 13.0. The second kappa shape index (κ2) is 34.2. The monoisotopic (exact) mass is 604 g/mol. The summed E-state index contributed by atoms with van der Waals surface area (Å²) in [4.78, 5) is 24.3. The number of esters is 1. The third kappa shape index (κ3) is 32.4. The van der Waals surface area contributed by atoms with Gasteiger partial charge in [0.15, 0.2) is 0 Å². The molecule has 0 heterocycles. The number of hydrogen-bond donors (Lipinski definition) is 1. The molecular weight excluding hydrogens is 537 g/mol. The van der Waals surface area contributed by atoms with E-state index >= 15 is 0 Å². The highest BCUT2D eigenvalue weighted by atomic mass is 31.2. The summed E-state index contributed by atoms with van der Waals surface area (Å²) < 4.78 is 21.7. The average molecular weight is 605 g/mol. The van der Waals surface area contributed by atoms with Crippen molar-refractivity contribution < 1.29 is 28.2 Å². The van der Waals surface area contributed by atoms with Crippen LogP contribution in [0.4, 0.5) is 0 Å². The molecule has 2 unspecified atom stereocenters. The minimum absolute atomic E-state index is 0.0117. The van der Waals surface area contributed by atoms with Crippen LogP contribution in [0.25, 0.3) is 0 Å². The van der Waals surface area contributed by atoms with Gasteiger partial charge in [-0.2, -0.15) is 0 Å². The quantitative estimate of drug-likeness (QED) is 0.0444. The predicted octanol–water partition coefficient (Wildman–Crippen LogP) is 8.90. The summed E-state index contributed by atoms with van der Waals surface area (Å²) in [5.74, 6) is -0.249. The molecule has 246 valence electrons. The Balaban J connectivity index is 3.97. The number of carbonyl (C=O) groups is 1. The van der Waals surface area contributed by atoms with Crippen molar-refractivity contribution in [3.8, 4) is 0 Å². The molecule has 41 heavy (non-hydrogen) atoms. The van der Waals surface area contributed by atoms with Gasteiger partial charge in [-0.15, -0.1) is 0 Å². The predicted molar refractivity (Wildman–Crippen MR) is 171 cm³/mol. The summed E-state index contributed by atoms with van der Waals surface area (Å²) in [6.45, 7) is 5.79. The first-order valence-electron chi connectivity index (χ1n) is 17.3. The van der Waals surface area contributed by atoms with Crippen molar-refractivity contribution in [3.05, 3.63) is 0 Å². The first-order valence-corrected chi connectivity index (χ1v) is 18.4. The van der Waals surface area contributed by atoms with Gasteiger partial charge >= 0.3 is 5.97 Å². The molecule has 0 aliphatic rings. The molecule has 0 aromatic rings. The summed E-state index contributed by atoms with van der Waals surface area (Å²) >= 11 is 0. The molecule has 0 fully saturated rings. The lowest BCUT2D eigenvalue weighted by Gasteiger charge is -2.25. The SMILES string of the molecule is CCCCCCCCCCCCCCOCC(COP([O-])OCCN)OC(=O)CCCCCCCCCCCCC. The number of nitrogens with two attached hydrogens (primary N) is 1. The van der Waals surface area contributed by atoms with Crippen LogP contribution >= 0.6 is 8.60 Å². The van der Waals surface area contributed by atoms with E-state index < -0.39 is 14.7 Å². The maximum absolute atomic E-state index is 12.4. The Morgan fingerprint density at radius 2 is 1.05 bits per heavy atom. The molecule has 0 saturated heterocycles. The van der Waals surface area contributed by atoms with Gasteiger partial charge in [-0.1, -0.05) is 149 Å². The average Bonchev–Trinajstić information content (AvgIpc) is 2.97. The zero-order valence-electron chi connectivity index (χ0n) is 27.1. The molecule has 0 aromatic carbocycles. The minimum Gasteiger partial charge on any atom is -0.786 e. The van der Waals surface area contributed by atoms with Crippen LogP contribution in [0.1, 0.15) is 168 Å². The van der Waals surface area contributed by atoms with Gasteiger partial charge in [0.05, 0.1) is 28.4 Å². The van der Waals surface area contributed by atoms with Gasteiger partial charge in [0.1, 0.15) is 6.10 Å². The molecule has 0 aromatic heterocycles. The highest BCUT2D eigenvalue weighted by molar-refractivity contribution is 7.39. The van der Waals surface area contributed by atoms with E-state index in [0.29, 0.717) is 13.0 Å². The van der Waals surface area contributed by atoms with Gasteiger partial charge in [0, 0.05) is 19.6 Å². The van der Waals surface area contributed by atoms with Crippen molar-refractivity contribution in [2.45, 2.75) is 174 Å². The fourth-order valence-corrected chi connectivity index (χ4v) is 5.48. The molecule has 2 N–H and O–H groups in total. The fraction of sp³-hybridized carbons (Fsp3) is 0.970. The molecule has 2 atom stereocenters. The topological polar surface area (TPSA) is 103 Å². The number of ether oxygens (including phenoxy) is 2. The second-order valence-corrected chi connectivity index (χ2v) is 12.5. The summed E-state index contributed by atoms with van der Waals surface area (Å²) in [7, 11) is -2.28. The number of unbranched alkanes of at least 4 members (excludes halogenated alkanes) is 21. The summed E-state index contributed by atoms with van der Waals surface area (Å²) in [5.41, 5.74) is 5.38. The van der Waals surface area contributed by atoms with Crippen molar-refractivity contribution >= 4 is 14.6 Å². The maximum atomic E-state index is 12.4. The second-order valence-electron chi connectivity index (χ2n) is 11.5. The summed E-state index contributed by atoms with van der Waals surface area (Å²) in [5, 5.41) is 0. The van der Waals surface area contributed by atoms with E-state index in [1.54, 1.807) is 0 Å². The van der Waals surface area contributed by atoms with Crippen LogP contribution < -0.4 is 10.6 Å². The van der Waals surface area contributed by atoms with E-state index in [1.807, 2.05) is 0 Å². The largest absolute Gasteiger partial charge is 0.786 e. The Morgan fingerprint density at radius 1 is 0.610 bits per heavy atom. The first-order chi connectivity index (χ1) is 20.1. The Hall–Kier alpha value is -0.300. The Labute approximate surface area is 255 Å². The molecular formula is C33H67NO6P-. The molecule has 8 heteroatoms. The van der Waals surface area contributed by atoms with Crippen LogP contribution in [0.15, 0.2) is 0 Å². The van der Waals surface area contributed by atoms with E-state index in [9.17, 15) is 9.69 Å². The highest BCUT2D eigenvalue weighted by Crippen LogP contribution is 2.27. The Morgan fingerprint density at radius 3 is 1.51 bits per heavy atom. The molecule has 0 rings (SSSR count). The molecule has 0 saturated carbocycles. The zero-order valence-corrected chi connectivity index (χ0v) is 28.0. The third-order valence-electron chi connectivity index (χ3n) is 7.41. The van der Waals surface area contributed by atoms with E-state index in [-0.39, 0.29) is 32.3 Å². The van der Waals surface area contributed by atoms with Crippen LogP contribution in [0.5, 0.6) is 0 Å². The number of hydrogen-bond acceptors (Lipinski definition) is 7. The van der Waals surface area contributed by atoms with Gasteiger partial charge in [-0.05, 0) is 12.8 Å². The smallest absolute Gasteiger partial charge is 0.306 e. The standard InChI is InChI=1S/C33H67NO6P/c1-3-5-7-9-11-13-15-17-19-21-23-25-28-37-30-32(31-39-41(36)38-29-27-34)40-33(35)26-24-22-20-18-16-14-12-10-8-6-4-2/h32H,3-31,34H2,1-2H3/q-1. The molecule has 0 aliphatic carbocycles. The molecule has 0 amide bonds. The van der Waals surface area contributed by atoms with Crippen molar-refractivity contribution in [2.24, 2.45) is 5.73 Å². The molecule has 7 nitrogen and oxygen atoms in total. The van der Waals surface area contributed by atoms with Crippen LogP contribution in [0.2, 0.25) is 0 Å². The van der Waals surface area contributed by atoms with Crippen molar-refractivity contribution in [2.75, 3.05) is 33.0 Å². The van der Waals surface area contributed by atoms with Crippen molar-refractivity contribution in [1.29, 1.82) is 0 Å². The van der Waals surface area contributed by atoms with Gasteiger partial charge < -0.3 is 29.1 Å². The lowest BCUT2D eigenvalue weighted by atomic mass is 10.1. The lowest BCUT2D eigenvalue weighted by Crippen LogP contribution is -2.29. The van der Waals surface area contributed by atoms with Gasteiger partial charge in [-0.25, -0.2) is 0 Å². The van der Waals surface area contributed by atoms with Crippen LogP contribution in [-0.4, -0.2) is 45.0 Å². The van der Waals surface area contributed by atoms with Crippen LogP contribution in [0, 0.1) is 0 Å². The summed E-state index contributed by atoms with van der Waals surface area (Å²) in [6, 6.07) is 0. The molecule has 0 aliphatic heterocycles. The molecule has 0 spiro atoms. The van der Waals surface area contributed by atoms with E-state index in [0.717, 1.165) is 32.1 Å². The Kier molecular flexibility index (Phi) is 33.9. The number of carbonyl (C=O) groups excluding carboxylic acids is 1. The highest BCUT2D eigenvalue weighted by Gasteiger charge is 2.16. The Bertz CT molecular complexity index is 528. The first kappa shape index (κ1) is 40.7. The third-order valence-corrected chi connectivity index (χ3v) is 8.16. The van der Waals surface area contributed by atoms with E-state index in [4.69, 9.17) is 24.3 Å². The van der Waals surface area contributed by atoms with Crippen LogP contribution in [0.3, 0.4) is 0 Å². The minimum atomic E-state index is -2.28. The zero-order chi connectivity index (χ0) is 30.1. The van der Waals surface area contributed by atoms with Gasteiger partial charge in [0.25, 0.3) is 0 Å². The maximum Gasteiger partial charge on any atom is 0.306 e. The fourth-order valence-electron chi connectivity index (χ4n) is 4.86.